The van der Waals surface area contributed by atoms with E-state index in [1.165, 1.54) is 18.4 Å². The molecule has 0 heterocycles. The first kappa shape index (κ1) is 18.3. The summed E-state index contributed by atoms with van der Waals surface area (Å²) in [4.78, 5) is 16.1. The number of hydrogen-bond donors (Lipinski definition) is 3. The lowest BCUT2D eigenvalue weighted by molar-refractivity contribution is -0.121. The molecule has 0 saturated heterocycles. The molecule has 24 heavy (non-hydrogen) atoms. The Labute approximate surface area is 145 Å². The van der Waals surface area contributed by atoms with Crippen molar-refractivity contribution in [3.8, 4) is 0 Å². The number of carbonyl (C=O) groups excluding carboxylic acids is 1. The second kappa shape index (κ2) is 9.30. The highest BCUT2D eigenvalue weighted by molar-refractivity contribution is 5.92. The minimum atomic E-state index is 0.0661. The Morgan fingerprint density at radius 3 is 2.58 bits per heavy atom. The first-order valence-electron chi connectivity index (χ1n) is 9.04. The molecule has 2 rings (SSSR count). The van der Waals surface area contributed by atoms with Crippen molar-refractivity contribution < 1.29 is 4.79 Å². The number of hydrogen-bond acceptors (Lipinski definition) is 2. The van der Waals surface area contributed by atoms with Gasteiger partial charge in [0.15, 0.2) is 5.96 Å². The van der Waals surface area contributed by atoms with Gasteiger partial charge in [-0.05, 0) is 42.9 Å². The summed E-state index contributed by atoms with van der Waals surface area (Å²) in [5, 5.41) is 6.12. The van der Waals surface area contributed by atoms with Crippen LogP contribution in [0, 0.1) is 0 Å². The molecule has 0 spiro atoms. The van der Waals surface area contributed by atoms with Crippen molar-refractivity contribution in [2.75, 3.05) is 11.9 Å². The Morgan fingerprint density at radius 1 is 1.29 bits per heavy atom. The summed E-state index contributed by atoms with van der Waals surface area (Å²) in [6.07, 6.45) is 6.15. The van der Waals surface area contributed by atoms with E-state index in [1.807, 2.05) is 12.1 Å². The Bertz CT molecular complexity index is 547. The molecule has 1 atom stereocenters. The normalized spacial score (nSPS) is 16.8. The first-order valence-corrected chi connectivity index (χ1v) is 9.04. The molecule has 4 N–H and O–H groups in total. The van der Waals surface area contributed by atoms with E-state index in [0.29, 0.717) is 30.9 Å². The highest BCUT2D eigenvalue weighted by atomic mass is 16.1. The number of amides is 1. The maximum atomic E-state index is 11.8. The predicted molar refractivity (Wildman–Crippen MR) is 100 cm³/mol. The summed E-state index contributed by atoms with van der Waals surface area (Å²) in [5.74, 6) is 0.972. The molecule has 1 amide bonds. The summed E-state index contributed by atoms with van der Waals surface area (Å²) in [6.45, 7) is 4.81. The van der Waals surface area contributed by atoms with Gasteiger partial charge < -0.3 is 16.4 Å². The lowest BCUT2D eigenvalue weighted by atomic mass is 9.99. The van der Waals surface area contributed by atoms with Gasteiger partial charge >= 0.3 is 0 Å². The van der Waals surface area contributed by atoms with Crippen molar-refractivity contribution in [3.63, 3.8) is 0 Å². The van der Waals surface area contributed by atoms with Crippen molar-refractivity contribution in [1.29, 1.82) is 0 Å². The van der Waals surface area contributed by atoms with Crippen LogP contribution < -0.4 is 16.4 Å². The average molecular weight is 330 g/mol. The van der Waals surface area contributed by atoms with Gasteiger partial charge in [-0.1, -0.05) is 38.8 Å². The molecule has 1 aliphatic carbocycles. The van der Waals surface area contributed by atoms with Crippen molar-refractivity contribution in [1.82, 2.24) is 5.32 Å². The van der Waals surface area contributed by atoms with E-state index in [0.717, 1.165) is 24.9 Å². The van der Waals surface area contributed by atoms with E-state index < -0.39 is 0 Å². The van der Waals surface area contributed by atoms with Crippen LogP contribution in [0.1, 0.15) is 63.9 Å². The Balaban J connectivity index is 1.73. The predicted octanol–water partition coefficient (Wildman–Crippen LogP) is 3.38. The van der Waals surface area contributed by atoms with Crippen LogP contribution in [0.25, 0.3) is 0 Å². The van der Waals surface area contributed by atoms with E-state index in [1.54, 1.807) is 0 Å². The highest BCUT2D eigenvalue weighted by Crippen LogP contribution is 2.20. The SMILES string of the molecule is CCC(C)c1ccc(NC(N)=NCCC(=O)NC2CCCC2)cc1. The van der Waals surface area contributed by atoms with Crippen molar-refractivity contribution in [2.45, 2.75) is 64.3 Å². The minimum Gasteiger partial charge on any atom is -0.370 e. The van der Waals surface area contributed by atoms with Crippen LogP contribution in [0.15, 0.2) is 29.3 Å². The van der Waals surface area contributed by atoms with Crippen molar-refractivity contribution in [3.05, 3.63) is 29.8 Å². The maximum Gasteiger partial charge on any atom is 0.222 e. The van der Waals surface area contributed by atoms with Crippen LogP contribution in [-0.2, 0) is 4.79 Å². The molecule has 5 heteroatoms. The topological polar surface area (TPSA) is 79.5 Å². The molecule has 0 aliphatic heterocycles. The molecule has 5 nitrogen and oxygen atoms in total. The number of aliphatic imine (C=N–C) groups is 1. The molecule has 1 aromatic rings. The third kappa shape index (κ3) is 5.87. The van der Waals surface area contributed by atoms with Crippen LogP contribution in [0.5, 0.6) is 0 Å². The molecule has 1 saturated carbocycles. The summed E-state index contributed by atoms with van der Waals surface area (Å²) in [5.41, 5.74) is 8.12. The van der Waals surface area contributed by atoms with Gasteiger partial charge in [0.1, 0.15) is 0 Å². The first-order chi connectivity index (χ1) is 11.6. The van der Waals surface area contributed by atoms with Crippen LogP contribution >= 0.6 is 0 Å². The van der Waals surface area contributed by atoms with Crippen LogP contribution in [0.2, 0.25) is 0 Å². The molecular formula is C19H30N4O. The molecule has 0 bridgehead atoms. The lowest BCUT2D eigenvalue weighted by Crippen LogP contribution is -2.33. The van der Waals surface area contributed by atoms with Crippen LogP contribution in [0.3, 0.4) is 0 Å². The minimum absolute atomic E-state index is 0.0661. The molecule has 0 aromatic heterocycles. The van der Waals surface area contributed by atoms with E-state index in [2.05, 4.69) is 41.6 Å². The fourth-order valence-electron chi connectivity index (χ4n) is 2.97. The smallest absolute Gasteiger partial charge is 0.222 e. The lowest BCUT2D eigenvalue weighted by Gasteiger charge is -2.12. The number of rotatable bonds is 7. The number of nitrogens with two attached hydrogens (primary N) is 1. The van der Waals surface area contributed by atoms with Crippen molar-refractivity contribution >= 4 is 17.6 Å². The summed E-state index contributed by atoms with van der Waals surface area (Å²) in [7, 11) is 0. The van der Waals surface area contributed by atoms with Gasteiger partial charge in [0.2, 0.25) is 5.91 Å². The quantitative estimate of drug-likeness (QED) is 0.530. The van der Waals surface area contributed by atoms with Crippen LogP contribution in [-0.4, -0.2) is 24.5 Å². The van der Waals surface area contributed by atoms with Gasteiger partial charge in [-0.15, -0.1) is 0 Å². The average Bonchev–Trinajstić information content (AvgIpc) is 3.07. The fraction of sp³-hybridized carbons (Fsp3) is 0.579. The van der Waals surface area contributed by atoms with E-state index in [4.69, 9.17) is 5.73 Å². The molecule has 1 fully saturated rings. The second-order valence-corrected chi connectivity index (χ2v) is 6.62. The number of nitrogens with one attached hydrogen (secondary N) is 2. The zero-order chi connectivity index (χ0) is 17.4. The number of carbonyl (C=O) groups is 1. The maximum absolute atomic E-state index is 11.8. The highest BCUT2D eigenvalue weighted by Gasteiger charge is 2.16. The fourth-order valence-corrected chi connectivity index (χ4v) is 2.97. The third-order valence-corrected chi connectivity index (χ3v) is 4.71. The number of benzene rings is 1. The van der Waals surface area contributed by atoms with Gasteiger partial charge in [-0.2, -0.15) is 0 Å². The van der Waals surface area contributed by atoms with Gasteiger partial charge in [0.05, 0.1) is 6.54 Å². The zero-order valence-electron chi connectivity index (χ0n) is 14.8. The number of anilines is 1. The van der Waals surface area contributed by atoms with Gasteiger partial charge in [-0.25, -0.2) is 0 Å². The standard InChI is InChI=1S/C19H30N4O/c1-3-14(2)15-8-10-17(11-9-15)23-19(20)21-13-12-18(24)22-16-6-4-5-7-16/h8-11,14,16H,3-7,12-13H2,1-2H3,(H,22,24)(H3,20,21,23). The molecule has 1 aliphatic rings. The summed E-state index contributed by atoms with van der Waals surface area (Å²) < 4.78 is 0. The molecule has 1 unspecified atom stereocenters. The molecule has 132 valence electrons. The van der Waals surface area contributed by atoms with E-state index in [-0.39, 0.29) is 5.91 Å². The van der Waals surface area contributed by atoms with E-state index in [9.17, 15) is 4.79 Å². The Hall–Kier alpha value is -2.04. The molecule has 1 aromatic carbocycles. The third-order valence-electron chi connectivity index (χ3n) is 4.71. The van der Waals surface area contributed by atoms with Gasteiger partial charge in [0, 0.05) is 18.2 Å². The monoisotopic (exact) mass is 330 g/mol. The van der Waals surface area contributed by atoms with Gasteiger partial charge in [-0.3, -0.25) is 9.79 Å². The Kier molecular flexibility index (Phi) is 7.09. The van der Waals surface area contributed by atoms with E-state index >= 15 is 0 Å². The van der Waals surface area contributed by atoms with Crippen LogP contribution in [0.4, 0.5) is 5.69 Å². The summed E-state index contributed by atoms with van der Waals surface area (Å²) in [6, 6.07) is 8.60. The number of guanidine groups is 1. The Morgan fingerprint density at radius 2 is 1.96 bits per heavy atom. The zero-order valence-corrected chi connectivity index (χ0v) is 14.8. The molecule has 0 radical (unpaired) electrons. The second-order valence-electron chi connectivity index (χ2n) is 6.62. The number of nitrogens with zero attached hydrogens (tertiary/aromatic N) is 1. The van der Waals surface area contributed by atoms with Crippen molar-refractivity contribution in [2.24, 2.45) is 10.7 Å². The largest absolute Gasteiger partial charge is 0.370 e. The van der Waals surface area contributed by atoms with Gasteiger partial charge in [0.25, 0.3) is 0 Å². The summed E-state index contributed by atoms with van der Waals surface area (Å²) >= 11 is 0. The molecular weight excluding hydrogens is 300 g/mol.